The molecule has 0 aliphatic heterocycles. The highest BCUT2D eigenvalue weighted by atomic mass is 19.3. The van der Waals surface area contributed by atoms with Crippen molar-refractivity contribution in [2.24, 2.45) is 0 Å². The largest absolute Gasteiger partial charge is 0.452 e. The molecule has 1 amide bonds. The van der Waals surface area contributed by atoms with Crippen LogP contribution in [0.25, 0.3) is 6.08 Å². The second-order valence-corrected chi connectivity index (χ2v) is 5.18. The first-order chi connectivity index (χ1) is 12.5. The van der Waals surface area contributed by atoms with Gasteiger partial charge in [-0.3, -0.25) is 4.79 Å². The molecule has 0 radical (unpaired) electrons. The van der Waals surface area contributed by atoms with E-state index in [1.54, 1.807) is 31.3 Å². The van der Waals surface area contributed by atoms with E-state index in [0.29, 0.717) is 11.3 Å². The van der Waals surface area contributed by atoms with Gasteiger partial charge in [0.25, 0.3) is 5.91 Å². The van der Waals surface area contributed by atoms with Crippen LogP contribution in [0.4, 0.5) is 14.5 Å². The van der Waals surface area contributed by atoms with E-state index in [-0.39, 0.29) is 11.7 Å². The van der Waals surface area contributed by atoms with E-state index in [9.17, 15) is 18.4 Å². The molecule has 0 unspecified atom stereocenters. The van der Waals surface area contributed by atoms with Crippen LogP contribution < -0.4 is 9.64 Å². The fraction of sp³-hybridized carbons (Fsp3) is 0.158. The van der Waals surface area contributed by atoms with Crippen molar-refractivity contribution in [3.05, 3.63) is 66.2 Å². The van der Waals surface area contributed by atoms with Crippen molar-refractivity contribution in [2.75, 3.05) is 18.6 Å². The van der Waals surface area contributed by atoms with Gasteiger partial charge in [-0.25, -0.2) is 4.79 Å². The number of carbonyl (C=O) groups excluding carboxylic acids is 2. The zero-order valence-corrected chi connectivity index (χ0v) is 14.0. The summed E-state index contributed by atoms with van der Waals surface area (Å²) in [6.45, 7) is -3.28. The molecule has 5 nitrogen and oxygen atoms in total. The summed E-state index contributed by atoms with van der Waals surface area (Å²) in [5, 5.41) is 0. The smallest absolute Gasteiger partial charge is 0.387 e. The van der Waals surface area contributed by atoms with Crippen LogP contribution in [0.1, 0.15) is 5.56 Å². The first-order valence-corrected chi connectivity index (χ1v) is 7.67. The number of hydrogen-bond acceptors (Lipinski definition) is 4. The third kappa shape index (κ3) is 6.01. The Kier molecular flexibility index (Phi) is 6.84. The van der Waals surface area contributed by atoms with Gasteiger partial charge >= 0.3 is 12.6 Å². The van der Waals surface area contributed by atoms with E-state index < -0.39 is 19.2 Å². The van der Waals surface area contributed by atoms with Gasteiger partial charge in [0.1, 0.15) is 5.75 Å². The summed E-state index contributed by atoms with van der Waals surface area (Å²) in [6.07, 6.45) is 2.60. The van der Waals surface area contributed by atoms with E-state index in [1.165, 1.54) is 35.2 Å². The van der Waals surface area contributed by atoms with Crippen LogP contribution in [0.15, 0.2) is 60.7 Å². The molecule has 2 aromatic carbocycles. The average Bonchev–Trinajstić information content (AvgIpc) is 2.65. The molecule has 26 heavy (non-hydrogen) atoms. The van der Waals surface area contributed by atoms with Crippen molar-refractivity contribution in [1.29, 1.82) is 0 Å². The second-order valence-electron chi connectivity index (χ2n) is 5.18. The van der Waals surface area contributed by atoms with Crippen LogP contribution in [0.5, 0.6) is 5.75 Å². The Hall–Kier alpha value is -3.22. The fourth-order valence-corrected chi connectivity index (χ4v) is 2.00. The molecular formula is C19H17F2NO4. The van der Waals surface area contributed by atoms with Gasteiger partial charge < -0.3 is 14.4 Å². The maximum Gasteiger partial charge on any atom is 0.387 e. The summed E-state index contributed by atoms with van der Waals surface area (Å²) in [7, 11) is 1.59. The minimum Gasteiger partial charge on any atom is -0.452 e. The molecule has 0 fully saturated rings. The number of para-hydroxylation sites is 1. The number of hydrogen-bond donors (Lipinski definition) is 0. The van der Waals surface area contributed by atoms with Crippen LogP contribution in [-0.4, -0.2) is 32.1 Å². The highest BCUT2D eigenvalue weighted by Crippen LogP contribution is 2.15. The Morgan fingerprint density at radius 1 is 1.08 bits per heavy atom. The van der Waals surface area contributed by atoms with Gasteiger partial charge in [0, 0.05) is 18.8 Å². The van der Waals surface area contributed by atoms with E-state index in [2.05, 4.69) is 4.74 Å². The van der Waals surface area contributed by atoms with E-state index in [4.69, 9.17) is 4.74 Å². The summed E-state index contributed by atoms with van der Waals surface area (Å²) in [4.78, 5) is 25.1. The third-order valence-corrected chi connectivity index (χ3v) is 3.37. The number of carbonyl (C=O) groups is 2. The molecule has 0 aliphatic rings. The van der Waals surface area contributed by atoms with Crippen LogP contribution >= 0.6 is 0 Å². The highest BCUT2D eigenvalue weighted by Gasteiger charge is 2.12. The van der Waals surface area contributed by atoms with Gasteiger partial charge in [-0.1, -0.05) is 30.3 Å². The van der Waals surface area contributed by atoms with Crippen molar-refractivity contribution in [3.8, 4) is 5.75 Å². The zero-order chi connectivity index (χ0) is 18.9. The number of ether oxygens (including phenoxy) is 2. The second kappa shape index (κ2) is 9.31. The molecule has 2 rings (SSSR count). The standard InChI is InChI=1S/C19H17F2NO4/c1-22(15-5-3-2-4-6-15)17(23)13-25-18(24)12-9-14-7-10-16(11-8-14)26-19(20)21/h2-12,19H,13H2,1H3. The first-order valence-electron chi connectivity index (χ1n) is 7.67. The summed E-state index contributed by atoms with van der Waals surface area (Å²) >= 11 is 0. The van der Waals surface area contributed by atoms with Gasteiger partial charge in [-0.05, 0) is 35.9 Å². The van der Waals surface area contributed by atoms with Gasteiger partial charge in [0.05, 0.1) is 0 Å². The lowest BCUT2D eigenvalue weighted by Gasteiger charge is -2.16. The average molecular weight is 361 g/mol. The predicted octanol–water partition coefficient (Wildman–Crippen LogP) is 3.51. The Morgan fingerprint density at radius 3 is 2.35 bits per heavy atom. The highest BCUT2D eigenvalue weighted by molar-refractivity contribution is 5.96. The number of likely N-dealkylation sites (N-methyl/N-ethyl adjacent to an activating group) is 1. The Bertz CT molecular complexity index is 761. The molecule has 7 heteroatoms. The van der Waals surface area contributed by atoms with E-state index in [1.807, 2.05) is 6.07 Å². The SMILES string of the molecule is CN(C(=O)COC(=O)C=Cc1ccc(OC(F)F)cc1)c1ccccc1. The topological polar surface area (TPSA) is 55.8 Å². The van der Waals surface area contributed by atoms with Gasteiger partial charge in [-0.2, -0.15) is 8.78 Å². The summed E-state index contributed by atoms with van der Waals surface area (Å²) in [5.74, 6) is -1.03. The Morgan fingerprint density at radius 2 is 1.73 bits per heavy atom. The Balaban J connectivity index is 1.82. The van der Waals surface area contributed by atoms with Crippen molar-refractivity contribution in [3.63, 3.8) is 0 Å². The summed E-state index contributed by atoms with van der Waals surface area (Å²) in [6, 6.07) is 14.7. The maximum atomic E-state index is 12.1. The number of benzene rings is 2. The molecule has 0 saturated heterocycles. The number of anilines is 1. The maximum absolute atomic E-state index is 12.1. The molecule has 0 atom stereocenters. The van der Waals surface area contributed by atoms with Crippen molar-refractivity contribution in [2.45, 2.75) is 6.61 Å². The number of rotatable bonds is 7. The van der Waals surface area contributed by atoms with Crippen LogP contribution in [0.2, 0.25) is 0 Å². The van der Waals surface area contributed by atoms with Gasteiger partial charge in [0.2, 0.25) is 0 Å². The normalized spacial score (nSPS) is 10.8. The van der Waals surface area contributed by atoms with E-state index in [0.717, 1.165) is 6.08 Å². The number of esters is 1. The number of amides is 1. The zero-order valence-electron chi connectivity index (χ0n) is 14.0. The minimum absolute atomic E-state index is 0.0225. The predicted molar refractivity (Wildman–Crippen MR) is 92.9 cm³/mol. The molecule has 0 bridgehead atoms. The van der Waals surface area contributed by atoms with Crippen LogP contribution in [-0.2, 0) is 14.3 Å². The lowest BCUT2D eigenvalue weighted by Crippen LogP contribution is -2.30. The number of halogens is 2. The van der Waals surface area contributed by atoms with Gasteiger partial charge in [0.15, 0.2) is 6.61 Å². The van der Waals surface area contributed by atoms with Crippen molar-refractivity contribution >= 4 is 23.6 Å². The fourth-order valence-electron chi connectivity index (χ4n) is 2.00. The van der Waals surface area contributed by atoms with Crippen molar-refractivity contribution < 1.29 is 27.8 Å². The molecule has 0 aliphatic carbocycles. The van der Waals surface area contributed by atoms with Crippen LogP contribution in [0.3, 0.4) is 0 Å². The molecule has 0 spiro atoms. The molecule has 2 aromatic rings. The third-order valence-electron chi connectivity index (χ3n) is 3.37. The van der Waals surface area contributed by atoms with Gasteiger partial charge in [-0.15, -0.1) is 0 Å². The molecule has 0 heterocycles. The Labute approximate surface area is 149 Å². The molecule has 136 valence electrons. The first kappa shape index (κ1) is 19.1. The molecule has 0 saturated carbocycles. The lowest BCUT2D eigenvalue weighted by atomic mass is 10.2. The monoisotopic (exact) mass is 361 g/mol. The number of alkyl halides is 2. The quantitative estimate of drug-likeness (QED) is 0.559. The van der Waals surface area contributed by atoms with Crippen LogP contribution in [0, 0.1) is 0 Å². The molecular weight excluding hydrogens is 344 g/mol. The van der Waals surface area contributed by atoms with E-state index >= 15 is 0 Å². The number of nitrogens with zero attached hydrogens (tertiary/aromatic N) is 1. The minimum atomic E-state index is -2.89. The summed E-state index contributed by atoms with van der Waals surface area (Å²) < 4.78 is 33.3. The molecule has 0 aromatic heterocycles. The molecule has 0 N–H and O–H groups in total. The lowest BCUT2D eigenvalue weighted by molar-refractivity contribution is -0.142. The van der Waals surface area contributed by atoms with Crippen molar-refractivity contribution in [1.82, 2.24) is 0 Å². The summed E-state index contributed by atoms with van der Waals surface area (Å²) in [5.41, 5.74) is 1.28.